The van der Waals surface area contributed by atoms with Crippen LogP contribution in [0.3, 0.4) is 0 Å². The highest BCUT2D eigenvalue weighted by Crippen LogP contribution is 2.25. The predicted octanol–water partition coefficient (Wildman–Crippen LogP) is 3.53. The van der Waals surface area contributed by atoms with Gasteiger partial charge < -0.3 is 9.64 Å². The topological polar surface area (TPSA) is 55.6 Å². The summed E-state index contributed by atoms with van der Waals surface area (Å²) in [5, 5.41) is 0. The number of hydrogen-bond donors (Lipinski definition) is 0. The number of hydrogen-bond acceptors (Lipinski definition) is 5. The van der Waals surface area contributed by atoms with Crippen molar-refractivity contribution in [1.29, 1.82) is 0 Å². The van der Waals surface area contributed by atoms with Gasteiger partial charge in [-0.15, -0.1) is 0 Å². The Morgan fingerprint density at radius 3 is 2.27 bits per heavy atom. The van der Waals surface area contributed by atoms with Gasteiger partial charge in [-0.25, -0.2) is 9.97 Å². The van der Waals surface area contributed by atoms with Crippen LogP contribution in [0.25, 0.3) is 28.2 Å². The molecule has 0 N–H and O–H groups in total. The van der Waals surface area contributed by atoms with Crippen molar-refractivity contribution >= 4 is 11.3 Å². The normalized spacial score (nSPS) is 10.9. The molecule has 0 saturated carbocycles. The van der Waals surface area contributed by atoms with Crippen molar-refractivity contribution in [1.82, 2.24) is 19.4 Å². The molecule has 1 aromatic carbocycles. The number of anilines is 1. The molecule has 6 heteroatoms. The number of pyridine rings is 1. The van der Waals surface area contributed by atoms with E-state index in [1.165, 1.54) is 0 Å². The van der Waals surface area contributed by atoms with E-state index < -0.39 is 0 Å². The number of rotatable bonds is 4. The van der Waals surface area contributed by atoms with Gasteiger partial charge in [0.1, 0.15) is 0 Å². The molecule has 0 fully saturated rings. The Bertz CT molecular complexity index is 1040. The molecule has 3 heterocycles. The largest absolute Gasteiger partial charge is 0.481 e. The molecule has 0 amide bonds. The average Bonchev–Trinajstić information content (AvgIpc) is 3.11. The van der Waals surface area contributed by atoms with Crippen molar-refractivity contribution < 1.29 is 4.74 Å². The fraction of sp³-hybridized carbons (Fsp3) is 0.150. The quantitative estimate of drug-likeness (QED) is 0.566. The minimum atomic E-state index is 0.583. The van der Waals surface area contributed by atoms with E-state index >= 15 is 0 Å². The summed E-state index contributed by atoms with van der Waals surface area (Å²) in [7, 11) is 5.67. The zero-order chi connectivity index (χ0) is 18.1. The molecule has 0 unspecified atom stereocenters. The highest BCUT2D eigenvalue weighted by molar-refractivity contribution is 5.68. The number of aromatic nitrogens is 4. The lowest BCUT2D eigenvalue weighted by Gasteiger charge is -2.12. The lowest BCUT2D eigenvalue weighted by molar-refractivity contribution is 0.398. The third kappa shape index (κ3) is 2.86. The number of nitrogens with zero attached hydrogens (tertiary/aromatic N) is 5. The fourth-order valence-electron chi connectivity index (χ4n) is 2.83. The van der Waals surface area contributed by atoms with Crippen LogP contribution in [-0.2, 0) is 0 Å². The van der Waals surface area contributed by atoms with Crippen LogP contribution in [-0.4, -0.2) is 40.6 Å². The first-order valence-corrected chi connectivity index (χ1v) is 8.27. The molecule has 4 rings (SSSR count). The first kappa shape index (κ1) is 16.1. The Labute approximate surface area is 151 Å². The first-order chi connectivity index (χ1) is 12.7. The Balaban J connectivity index is 1.76. The zero-order valence-electron chi connectivity index (χ0n) is 14.9. The van der Waals surface area contributed by atoms with Crippen molar-refractivity contribution in [3.05, 3.63) is 61.2 Å². The van der Waals surface area contributed by atoms with E-state index in [1.807, 2.05) is 38.6 Å². The van der Waals surface area contributed by atoms with Crippen molar-refractivity contribution in [3.8, 4) is 28.4 Å². The highest BCUT2D eigenvalue weighted by atomic mass is 16.5. The van der Waals surface area contributed by atoms with E-state index in [9.17, 15) is 0 Å². The van der Waals surface area contributed by atoms with Crippen LogP contribution in [0.5, 0.6) is 5.88 Å². The summed E-state index contributed by atoms with van der Waals surface area (Å²) in [5.41, 5.74) is 5.85. The van der Waals surface area contributed by atoms with Crippen LogP contribution in [0.1, 0.15) is 0 Å². The summed E-state index contributed by atoms with van der Waals surface area (Å²) >= 11 is 0. The van der Waals surface area contributed by atoms with E-state index in [0.717, 1.165) is 33.8 Å². The minimum Gasteiger partial charge on any atom is -0.481 e. The molecule has 0 saturated heterocycles. The van der Waals surface area contributed by atoms with Crippen molar-refractivity contribution in [3.63, 3.8) is 0 Å². The second-order valence-corrected chi connectivity index (χ2v) is 6.17. The number of benzene rings is 1. The van der Waals surface area contributed by atoms with E-state index in [1.54, 1.807) is 19.5 Å². The third-order valence-corrected chi connectivity index (χ3v) is 4.32. The van der Waals surface area contributed by atoms with Crippen molar-refractivity contribution in [2.45, 2.75) is 0 Å². The molecule has 0 spiro atoms. The van der Waals surface area contributed by atoms with Crippen LogP contribution in [0.15, 0.2) is 61.2 Å². The summed E-state index contributed by atoms with van der Waals surface area (Å²) in [4.78, 5) is 15.3. The van der Waals surface area contributed by atoms with Crippen LogP contribution >= 0.6 is 0 Å². The molecule has 0 radical (unpaired) electrons. The Kier molecular flexibility index (Phi) is 4.01. The number of methoxy groups -OCH3 is 1. The smallest absolute Gasteiger partial charge is 0.212 e. The van der Waals surface area contributed by atoms with E-state index in [-0.39, 0.29) is 0 Å². The summed E-state index contributed by atoms with van der Waals surface area (Å²) in [5.74, 6) is 0.583. The second kappa shape index (κ2) is 6.48. The number of imidazole rings is 1. The summed E-state index contributed by atoms with van der Waals surface area (Å²) in [6.45, 7) is 0. The van der Waals surface area contributed by atoms with Crippen LogP contribution < -0.4 is 9.64 Å². The summed E-state index contributed by atoms with van der Waals surface area (Å²) < 4.78 is 7.17. The fourth-order valence-corrected chi connectivity index (χ4v) is 2.83. The molecular weight excluding hydrogens is 326 g/mol. The maximum absolute atomic E-state index is 5.12. The molecule has 0 aliphatic carbocycles. The van der Waals surface area contributed by atoms with Gasteiger partial charge in [0.2, 0.25) is 5.88 Å². The van der Waals surface area contributed by atoms with Gasteiger partial charge in [-0.1, -0.05) is 12.1 Å². The lowest BCUT2D eigenvalue weighted by atomic mass is 10.1. The lowest BCUT2D eigenvalue weighted by Crippen LogP contribution is -2.07. The van der Waals surface area contributed by atoms with Crippen molar-refractivity contribution in [2.24, 2.45) is 0 Å². The van der Waals surface area contributed by atoms with Crippen LogP contribution in [0, 0.1) is 0 Å². The molecule has 130 valence electrons. The molecule has 4 aromatic rings. The van der Waals surface area contributed by atoms with Gasteiger partial charge in [0.15, 0.2) is 5.65 Å². The van der Waals surface area contributed by atoms with E-state index in [4.69, 9.17) is 4.74 Å². The molecule has 26 heavy (non-hydrogen) atoms. The average molecular weight is 345 g/mol. The first-order valence-electron chi connectivity index (χ1n) is 8.27. The number of ether oxygens (including phenoxy) is 1. The summed E-state index contributed by atoms with van der Waals surface area (Å²) in [6.07, 6.45) is 7.39. The highest BCUT2D eigenvalue weighted by Gasteiger charge is 2.09. The molecule has 0 aliphatic heterocycles. The molecule has 0 bridgehead atoms. The molecule has 6 nitrogen and oxygen atoms in total. The molecular formula is C20H19N5O. The third-order valence-electron chi connectivity index (χ3n) is 4.32. The predicted molar refractivity (Wildman–Crippen MR) is 103 cm³/mol. The van der Waals surface area contributed by atoms with Gasteiger partial charge in [-0.2, -0.15) is 0 Å². The van der Waals surface area contributed by atoms with E-state index in [0.29, 0.717) is 5.88 Å². The van der Waals surface area contributed by atoms with Crippen LogP contribution in [0.2, 0.25) is 0 Å². The van der Waals surface area contributed by atoms with Gasteiger partial charge in [0.25, 0.3) is 0 Å². The Morgan fingerprint density at radius 2 is 1.62 bits per heavy atom. The maximum Gasteiger partial charge on any atom is 0.212 e. The SMILES string of the molecule is COc1ccc(-c2cn3c(-c4ccc(N(C)C)cc4)cnc3cn2)cn1. The Hall–Kier alpha value is -3.41. The van der Waals surface area contributed by atoms with Gasteiger partial charge in [-0.3, -0.25) is 9.38 Å². The van der Waals surface area contributed by atoms with Gasteiger partial charge >= 0.3 is 0 Å². The minimum absolute atomic E-state index is 0.583. The summed E-state index contributed by atoms with van der Waals surface area (Å²) in [6, 6.07) is 12.2. The van der Waals surface area contributed by atoms with Gasteiger partial charge in [0, 0.05) is 49.4 Å². The maximum atomic E-state index is 5.12. The monoisotopic (exact) mass is 345 g/mol. The van der Waals surface area contributed by atoms with Gasteiger partial charge in [0.05, 0.1) is 30.9 Å². The standard InChI is InChI=1S/C20H19N5O/c1-24(2)16-7-4-14(5-8-16)18-11-22-19-12-21-17(13-25(18)19)15-6-9-20(26-3)23-10-15/h4-13H,1-3H3. The zero-order valence-corrected chi connectivity index (χ0v) is 14.9. The number of fused-ring (bicyclic) bond motifs is 1. The molecule has 0 aliphatic rings. The molecule has 0 atom stereocenters. The Morgan fingerprint density at radius 1 is 0.846 bits per heavy atom. The van der Waals surface area contributed by atoms with Crippen molar-refractivity contribution in [2.75, 3.05) is 26.1 Å². The molecule has 3 aromatic heterocycles. The van der Waals surface area contributed by atoms with Gasteiger partial charge in [-0.05, 0) is 18.2 Å². The second-order valence-electron chi connectivity index (χ2n) is 6.17. The van der Waals surface area contributed by atoms with E-state index in [2.05, 4.69) is 48.5 Å². The van der Waals surface area contributed by atoms with Crippen LogP contribution in [0.4, 0.5) is 5.69 Å².